The topological polar surface area (TPSA) is 63.7 Å². The van der Waals surface area contributed by atoms with Gasteiger partial charge in [0.1, 0.15) is 5.82 Å². The number of nitrogens with one attached hydrogen (secondary N) is 1. The van der Waals surface area contributed by atoms with Gasteiger partial charge in [0.2, 0.25) is 4.77 Å². The lowest BCUT2D eigenvalue weighted by Crippen LogP contribution is -1.97. The molecule has 0 saturated heterocycles. The zero-order chi connectivity index (χ0) is 14.1. The highest BCUT2D eigenvalue weighted by molar-refractivity contribution is 7.71. The normalized spacial score (nSPS) is 10.7. The molecule has 0 aliphatic carbocycles. The number of H-pyrrole nitrogens is 1. The van der Waals surface area contributed by atoms with Crippen LogP contribution in [0.1, 0.15) is 5.69 Å². The van der Waals surface area contributed by atoms with E-state index in [9.17, 15) is 0 Å². The van der Waals surface area contributed by atoms with E-state index in [0.29, 0.717) is 11.8 Å². The largest absolute Gasteiger partial charge is 0.468 e. The molecule has 0 atom stereocenters. The molecule has 2 heterocycles. The summed E-state index contributed by atoms with van der Waals surface area (Å²) < 4.78 is 5.32. The molecule has 3 aromatic rings. The number of hydrogen-bond donors (Lipinski definition) is 1. The van der Waals surface area contributed by atoms with Crippen molar-refractivity contribution in [3.63, 3.8) is 0 Å². The van der Waals surface area contributed by atoms with Crippen LogP contribution in [-0.4, -0.2) is 27.0 Å². The second-order valence-electron chi connectivity index (χ2n) is 4.35. The van der Waals surface area contributed by atoms with Gasteiger partial charge in [0, 0.05) is 16.6 Å². The molecule has 2 aromatic heterocycles. The number of hydrogen-bond acceptors (Lipinski definition) is 5. The maximum absolute atomic E-state index is 5.07. The van der Waals surface area contributed by atoms with Crippen molar-refractivity contribution in [3.05, 3.63) is 40.8 Å². The summed E-state index contributed by atoms with van der Waals surface area (Å²) in [5.41, 5.74) is 2.86. The third-order valence-corrected chi connectivity index (χ3v) is 3.11. The SMILES string of the molecule is COc1nc(=S)nc(-c2ccc3nc(C)ccc3c2)[nH]1. The van der Waals surface area contributed by atoms with Crippen molar-refractivity contribution in [1.29, 1.82) is 0 Å². The molecule has 1 N–H and O–H groups in total. The third-order valence-electron chi connectivity index (χ3n) is 2.93. The van der Waals surface area contributed by atoms with Crippen molar-refractivity contribution in [1.82, 2.24) is 19.9 Å². The molecule has 0 spiro atoms. The molecule has 1 aromatic carbocycles. The summed E-state index contributed by atoms with van der Waals surface area (Å²) in [7, 11) is 1.53. The van der Waals surface area contributed by atoms with Gasteiger partial charge in [-0.25, -0.2) is 4.98 Å². The molecular weight excluding hydrogens is 272 g/mol. The van der Waals surface area contributed by atoms with Gasteiger partial charge in [0.05, 0.1) is 12.6 Å². The fraction of sp³-hybridized carbons (Fsp3) is 0.143. The van der Waals surface area contributed by atoms with Crippen LogP contribution in [0.3, 0.4) is 0 Å². The number of pyridine rings is 1. The Morgan fingerprint density at radius 2 is 1.95 bits per heavy atom. The number of aromatic nitrogens is 4. The molecule has 0 bridgehead atoms. The van der Waals surface area contributed by atoms with Gasteiger partial charge in [-0.2, -0.15) is 4.98 Å². The lowest BCUT2D eigenvalue weighted by Gasteiger charge is -2.05. The second-order valence-corrected chi connectivity index (χ2v) is 4.71. The van der Waals surface area contributed by atoms with E-state index in [1.807, 2.05) is 37.3 Å². The Bertz CT molecular complexity index is 844. The lowest BCUT2D eigenvalue weighted by atomic mass is 10.1. The van der Waals surface area contributed by atoms with Gasteiger partial charge in [0.25, 0.3) is 6.01 Å². The average Bonchev–Trinajstić information content (AvgIpc) is 2.46. The van der Waals surface area contributed by atoms with Gasteiger partial charge in [-0.1, -0.05) is 6.07 Å². The number of aryl methyl sites for hydroxylation is 1. The minimum Gasteiger partial charge on any atom is -0.468 e. The van der Waals surface area contributed by atoms with E-state index in [1.54, 1.807) is 0 Å². The maximum atomic E-state index is 5.07. The van der Waals surface area contributed by atoms with Gasteiger partial charge in [-0.05, 0) is 43.4 Å². The van der Waals surface area contributed by atoms with Crippen molar-refractivity contribution in [2.45, 2.75) is 6.92 Å². The number of nitrogens with zero attached hydrogens (tertiary/aromatic N) is 3. The standard InChI is InChI=1S/C14H12N4OS/c1-8-3-4-9-7-10(5-6-11(9)15-8)12-16-13(19-2)18-14(20)17-12/h3-7H,1-2H3,(H,16,17,18,20). The Morgan fingerprint density at radius 3 is 2.75 bits per heavy atom. The van der Waals surface area contributed by atoms with Crippen LogP contribution in [0.25, 0.3) is 22.3 Å². The highest BCUT2D eigenvalue weighted by Gasteiger charge is 2.05. The van der Waals surface area contributed by atoms with Crippen LogP contribution < -0.4 is 4.74 Å². The van der Waals surface area contributed by atoms with Gasteiger partial charge in [-0.15, -0.1) is 0 Å². The predicted molar refractivity (Wildman–Crippen MR) is 79.2 cm³/mol. The fourth-order valence-electron chi connectivity index (χ4n) is 1.97. The van der Waals surface area contributed by atoms with Crippen LogP contribution >= 0.6 is 12.2 Å². The van der Waals surface area contributed by atoms with E-state index in [4.69, 9.17) is 17.0 Å². The van der Waals surface area contributed by atoms with Gasteiger partial charge >= 0.3 is 0 Å². The van der Waals surface area contributed by atoms with Crippen LogP contribution in [0.5, 0.6) is 6.01 Å². The van der Waals surface area contributed by atoms with Crippen LogP contribution in [0.4, 0.5) is 0 Å². The molecule has 3 rings (SSSR count). The van der Waals surface area contributed by atoms with E-state index in [0.717, 1.165) is 22.2 Å². The predicted octanol–water partition coefficient (Wildman–Crippen LogP) is 3.07. The molecule has 0 fully saturated rings. The van der Waals surface area contributed by atoms with Crippen LogP contribution in [0, 0.1) is 11.7 Å². The van der Waals surface area contributed by atoms with Crippen molar-refractivity contribution < 1.29 is 4.74 Å². The van der Waals surface area contributed by atoms with Crippen LogP contribution in [-0.2, 0) is 0 Å². The van der Waals surface area contributed by atoms with E-state index < -0.39 is 0 Å². The van der Waals surface area contributed by atoms with Crippen LogP contribution in [0.15, 0.2) is 30.3 Å². The molecule has 0 radical (unpaired) electrons. The minimum atomic E-state index is 0.248. The van der Waals surface area contributed by atoms with E-state index in [2.05, 4.69) is 19.9 Å². The molecule has 0 saturated carbocycles. The Kier molecular flexibility index (Phi) is 3.15. The summed E-state index contributed by atoms with van der Waals surface area (Å²) >= 11 is 5.03. The van der Waals surface area contributed by atoms with Gasteiger partial charge < -0.3 is 4.74 Å². The molecule has 0 amide bonds. The summed E-state index contributed by atoms with van der Waals surface area (Å²) in [5.74, 6) is 0.629. The smallest absolute Gasteiger partial charge is 0.297 e. The summed E-state index contributed by atoms with van der Waals surface area (Å²) in [4.78, 5) is 15.7. The average molecular weight is 284 g/mol. The zero-order valence-corrected chi connectivity index (χ0v) is 11.9. The fourth-order valence-corrected chi connectivity index (χ4v) is 2.15. The number of methoxy groups -OCH3 is 1. The first kappa shape index (κ1) is 12.7. The zero-order valence-electron chi connectivity index (χ0n) is 11.0. The maximum Gasteiger partial charge on any atom is 0.297 e. The minimum absolute atomic E-state index is 0.248. The Labute approximate surface area is 120 Å². The lowest BCUT2D eigenvalue weighted by molar-refractivity contribution is 0.378. The Balaban J connectivity index is 2.17. The number of aromatic amines is 1. The first-order valence-corrected chi connectivity index (χ1v) is 6.47. The molecule has 6 heteroatoms. The molecule has 0 aliphatic rings. The highest BCUT2D eigenvalue weighted by Crippen LogP contribution is 2.21. The molecular formula is C14H12N4OS. The third kappa shape index (κ3) is 2.37. The first-order chi connectivity index (χ1) is 9.65. The molecule has 0 aliphatic heterocycles. The summed E-state index contributed by atoms with van der Waals surface area (Å²) in [6, 6.07) is 10.3. The molecule has 100 valence electrons. The van der Waals surface area contributed by atoms with Gasteiger partial charge in [-0.3, -0.25) is 9.97 Å². The molecule has 5 nitrogen and oxygen atoms in total. The second kappa shape index (κ2) is 4.97. The molecule has 0 unspecified atom stereocenters. The summed E-state index contributed by atoms with van der Waals surface area (Å²) in [6.45, 7) is 1.97. The Morgan fingerprint density at radius 1 is 1.10 bits per heavy atom. The monoisotopic (exact) mass is 284 g/mol. The van der Waals surface area contributed by atoms with Crippen molar-refractivity contribution in [2.24, 2.45) is 0 Å². The van der Waals surface area contributed by atoms with Crippen molar-refractivity contribution >= 4 is 23.1 Å². The summed E-state index contributed by atoms with van der Waals surface area (Å²) in [5, 5.41) is 1.05. The van der Waals surface area contributed by atoms with Crippen molar-refractivity contribution in [3.8, 4) is 17.4 Å². The summed E-state index contributed by atoms with van der Waals surface area (Å²) in [6.07, 6.45) is 0. The number of benzene rings is 1. The van der Waals surface area contributed by atoms with Crippen molar-refractivity contribution in [2.75, 3.05) is 7.11 Å². The quantitative estimate of drug-likeness (QED) is 0.733. The van der Waals surface area contributed by atoms with Gasteiger partial charge in [0.15, 0.2) is 0 Å². The number of ether oxygens (including phenoxy) is 1. The van der Waals surface area contributed by atoms with E-state index >= 15 is 0 Å². The van der Waals surface area contributed by atoms with E-state index in [-0.39, 0.29) is 4.77 Å². The van der Waals surface area contributed by atoms with Crippen LogP contribution in [0.2, 0.25) is 0 Å². The first-order valence-electron chi connectivity index (χ1n) is 6.06. The highest BCUT2D eigenvalue weighted by atomic mass is 32.1. The molecule has 20 heavy (non-hydrogen) atoms. The van der Waals surface area contributed by atoms with E-state index in [1.165, 1.54) is 7.11 Å². The number of fused-ring (bicyclic) bond motifs is 1. The number of rotatable bonds is 2. The Hall–Kier alpha value is -2.34.